The summed E-state index contributed by atoms with van der Waals surface area (Å²) >= 11 is 0. The number of hydrogen-bond donors (Lipinski definition) is 1. The summed E-state index contributed by atoms with van der Waals surface area (Å²) in [6, 6.07) is 4.78. The predicted molar refractivity (Wildman–Crippen MR) is 73.8 cm³/mol. The summed E-state index contributed by atoms with van der Waals surface area (Å²) < 4.78 is 13.3. The molecule has 1 fully saturated rings. The molecule has 1 atom stereocenters. The molecule has 1 aromatic carbocycles. The van der Waals surface area contributed by atoms with Gasteiger partial charge in [0.1, 0.15) is 5.82 Å². The van der Waals surface area contributed by atoms with Crippen molar-refractivity contribution in [3.05, 3.63) is 29.6 Å². The largest absolute Gasteiger partial charge is 0.323 e. The summed E-state index contributed by atoms with van der Waals surface area (Å²) in [6.45, 7) is 3.26. The Morgan fingerprint density at radius 2 is 2.16 bits per heavy atom. The van der Waals surface area contributed by atoms with Gasteiger partial charge in [-0.2, -0.15) is 0 Å². The molecule has 1 N–H and O–H groups in total. The number of amides is 2. The number of nitrogens with one attached hydrogen (secondary N) is 1. The van der Waals surface area contributed by atoms with Crippen LogP contribution in [-0.4, -0.2) is 49.1 Å². The number of hydrogen-bond acceptors (Lipinski definition) is 2. The SMILES string of the molecule is Cc1cc(F)cc(NC(=O)N2CC[C@@H](N(C)C)C2)c1. The Labute approximate surface area is 113 Å². The number of urea groups is 1. The van der Waals surface area contributed by atoms with E-state index in [0.717, 1.165) is 18.5 Å². The van der Waals surface area contributed by atoms with Gasteiger partial charge in [-0.15, -0.1) is 0 Å². The molecule has 0 saturated carbocycles. The molecule has 1 aliphatic rings. The van der Waals surface area contributed by atoms with E-state index in [1.54, 1.807) is 17.9 Å². The van der Waals surface area contributed by atoms with Gasteiger partial charge in [0, 0.05) is 24.8 Å². The number of anilines is 1. The second kappa shape index (κ2) is 5.57. The van der Waals surface area contributed by atoms with E-state index < -0.39 is 0 Å². The van der Waals surface area contributed by atoms with E-state index in [-0.39, 0.29) is 11.8 Å². The zero-order valence-corrected chi connectivity index (χ0v) is 11.6. The normalized spacial score (nSPS) is 19.0. The second-order valence-electron chi connectivity index (χ2n) is 5.30. The number of aryl methyl sites for hydroxylation is 1. The lowest BCUT2D eigenvalue weighted by Gasteiger charge is -2.20. The van der Waals surface area contributed by atoms with Crippen molar-refractivity contribution in [3.63, 3.8) is 0 Å². The molecule has 0 spiro atoms. The minimum Gasteiger partial charge on any atom is -0.323 e. The zero-order chi connectivity index (χ0) is 14.0. The van der Waals surface area contributed by atoms with Crippen LogP contribution >= 0.6 is 0 Å². The van der Waals surface area contributed by atoms with Crippen LogP contribution in [0, 0.1) is 12.7 Å². The van der Waals surface area contributed by atoms with Crippen LogP contribution in [0.1, 0.15) is 12.0 Å². The van der Waals surface area contributed by atoms with E-state index in [1.165, 1.54) is 12.1 Å². The highest BCUT2D eigenvalue weighted by molar-refractivity contribution is 5.89. The van der Waals surface area contributed by atoms with Gasteiger partial charge in [-0.25, -0.2) is 9.18 Å². The lowest BCUT2D eigenvalue weighted by Crippen LogP contribution is -2.36. The first-order valence-corrected chi connectivity index (χ1v) is 6.45. The molecule has 4 nitrogen and oxygen atoms in total. The van der Waals surface area contributed by atoms with Crippen molar-refractivity contribution in [2.24, 2.45) is 0 Å². The van der Waals surface area contributed by atoms with Crippen molar-refractivity contribution in [3.8, 4) is 0 Å². The molecule has 5 heteroatoms. The Kier molecular flexibility index (Phi) is 4.04. The van der Waals surface area contributed by atoms with Gasteiger partial charge < -0.3 is 15.1 Å². The third-order valence-electron chi connectivity index (χ3n) is 3.47. The number of likely N-dealkylation sites (N-methyl/N-ethyl adjacent to an activating group) is 1. The summed E-state index contributed by atoms with van der Waals surface area (Å²) in [6.07, 6.45) is 0.975. The fourth-order valence-electron chi connectivity index (χ4n) is 2.36. The summed E-state index contributed by atoms with van der Waals surface area (Å²) in [5, 5.41) is 2.75. The summed E-state index contributed by atoms with van der Waals surface area (Å²) in [4.78, 5) is 16.0. The average molecular weight is 265 g/mol. The molecule has 1 aromatic rings. The third-order valence-corrected chi connectivity index (χ3v) is 3.47. The van der Waals surface area contributed by atoms with E-state index in [0.29, 0.717) is 18.3 Å². The number of nitrogens with zero attached hydrogens (tertiary/aromatic N) is 2. The van der Waals surface area contributed by atoms with Gasteiger partial charge in [-0.05, 0) is 51.2 Å². The molecule has 0 aromatic heterocycles. The first-order chi connectivity index (χ1) is 8.95. The van der Waals surface area contributed by atoms with Crippen molar-refractivity contribution in [1.29, 1.82) is 0 Å². The summed E-state index contributed by atoms with van der Waals surface area (Å²) in [5.41, 5.74) is 1.30. The van der Waals surface area contributed by atoms with Gasteiger partial charge in [0.25, 0.3) is 0 Å². The van der Waals surface area contributed by atoms with Crippen LogP contribution in [0.2, 0.25) is 0 Å². The maximum absolute atomic E-state index is 13.3. The standard InChI is InChI=1S/C14H20FN3O/c1-10-6-11(15)8-12(7-10)16-14(19)18-5-4-13(9-18)17(2)3/h6-8,13H,4-5,9H2,1-3H3,(H,16,19)/t13-/m1/s1. The molecule has 0 radical (unpaired) electrons. The predicted octanol–water partition coefficient (Wildman–Crippen LogP) is 2.30. The molecule has 0 aliphatic carbocycles. The molecule has 1 heterocycles. The zero-order valence-electron chi connectivity index (χ0n) is 11.6. The van der Waals surface area contributed by atoms with Crippen molar-refractivity contribution in [1.82, 2.24) is 9.80 Å². The third kappa shape index (κ3) is 3.44. The first-order valence-electron chi connectivity index (χ1n) is 6.45. The van der Waals surface area contributed by atoms with Crippen LogP contribution < -0.4 is 5.32 Å². The Morgan fingerprint density at radius 1 is 1.42 bits per heavy atom. The van der Waals surface area contributed by atoms with Crippen molar-refractivity contribution in [2.45, 2.75) is 19.4 Å². The number of rotatable bonds is 2. The molecule has 2 rings (SSSR count). The van der Waals surface area contributed by atoms with E-state index in [4.69, 9.17) is 0 Å². The van der Waals surface area contributed by atoms with Gasteiger partial charge in [0.15, 0.2) is 0 Å². The lowest BCUT2D eigenvalue weighted by molar-refractivity contribution is 0.216. The molecule has 19 heavy (non-hydrogen) atoms. The molecular weight excluding hydrogens is 245 g/mol. The van der Waals surface area contributed by atoms with Crippen LogP contribution in [0.4, 0.5) is 14.9 Å². The van der Waals surface area contributed by atoms with E-state index in [2.05, 4.69) is 10.2 Å². The Morgan fingerprint density at radius 3 is 2.74 bits per heavy atom. The van der Waals surface area contributed by atoms with Crippen molar-refractivity contribution >= 4 is 11.7 Å². The average Bonchev–Trinajstić information content (AvgIpc) is 2.76. The van der Waals surface area contributed by atoms with E-state index >= 15 is 0 Å². The second-order valence-corrected chi connectivity index (χ2v) is 5.30. The highest BCUT2D eigenvalue weighted by atomic mass is 19.1. The fourth-order valence-corrected chi connectivity index (χ4v) is 2.36. The Bertz CT molecular complexity index is 456. The van der Waals surface area contributed by atoms with Crippen molar-refractivity contribution < 1.29 is 9.18 Å². The fraction of sp³-hybridized carbons (Fsp3) is 0.500. The summed E-state index contributed by atoms with van der Waals surface area (Å²) in [7, 11) is 4.03. The molecular formula is C14H20FN3O. The van der Waals surface area contributed by atoms with E-state index in [1.807, 2.05) is 14.1 Å². The van der Waals surface area contributed by atoms with Crippen LogP contribution in [0.5, 0.6) is 0 Å². The van der Waals surface area contributed by atoms with Gasteiger partial charge in [0.2, 0.25) is 0 Å². The van der Waals surface area contributed by atoms with Crippen molar-refractivity contribution in [2.75, 3.05) is 32.5 Å². The Balaban J connectivity index is 1.98. The topological polar surface area (TPSA) is 35.6 Å². The highest BCUT2D eigenvalue weighted by Gasteiger charge is 2.27. The van der Waals surface area contributed by atoms with Gasteiger partial charge >= 0.3 is 6.03 Å². The highest BCUT2D eigenvalue weighted by Crippen LogP contribution is 2.17. The minimum atomic E-state index is -0.331. The van der Waals surface area contributed by atoms with Crippen LogP contribution in [0.3, 0.4) is 0 Å². The molecule has 0 unspecified atom stereocenters. The molecule has 1 saturated heterocycles. The van der Waals surface area contributed by atoms with E-state index in [9.17, 15) is 9.18 Å². The monoisotopic (exact) mass is 265 g/mol. The molecule has 1 aliphatic heterocycles. The number of carbonyl (C=O) groups is 1. The number of benzene rings is 1. The van der Waals surface area contributed by atoms with Crippen LogP contribution in [-0.2, 0) is 0 Å². The minimum absolute atomic E-state index is 0.158. The summed E-state index contributed by atoms with van der Waals surface area (Å²) in [5.74, 6) is -0.331. The molecule has 0 bridgehead atoms. The number of carbonyl (C=O) groups excluding carboxylic acids is 1. The quantitative estimate of drug-likeness (QED) is 0.890. The van der Waals surface area contributed by atoms with Gasteiger partial charge in [-0.1, -0.05) is 0 Å². The Hall–Kier alpha value is -1.62. The number of likely N-dealkylation sites (tertiary alicyclic amines) is 1. The van der Waals surface area contributed by atoms with Crippen LogP contribution in [0.25, 0.3) is 0 Å². The molecule has 2 amide bonds. The maximum atomic E-state index is 13.3. The number of halogens is 1. The smallest absolute Gasteiger partial charge is 0.321 e. The lowest BCUT2D eigenvalue weighted by atomic mass is 10.2. The maximum Gasteiger partial charge on any atom is 0.321 e. The van der Waals surface area contributed by atoms with Crippen LogP contribution in [0.15, 0.2) is 18.2 Å². The molecule has 104 valence electrons. The van der Waals surface area contributed by atoms with Gasteiger partial charge in [0.05, 0.1) is 0 Å². The first kappa shape index (κ1) is 13.8. The van der Waals surface area contributed by atoms with Gasteiger partial charge in [-0.3, -0.25) is 0 Å².